The van der Waals surface area contributed by atoms with E-state index in [9.17, 15) is 4.79 Å². The van der Waals surface area contributed by atoms with Crippen molar-refractivity contribution in [1.82, 2.24) is 5.43 Å². The Morgan fingerprint density at radius 2 is 1.33 bits per heavy atom. The average molecular weight is 545 g/mol. The first-order valence-corrected chi connectivity index (χ1v) is 12.1. The Labute approximate surface area is 218 Å². The van der Waals surface area contributed by atoms with Crippen molar-refractivity contribution < 1.29 is 19.0 Å². The molecule has 0 spiro atoms. The van der Waals surface area contributed by atoms with E-state index >= 15 is 0 Å². The van der Waals surface area contributed by atoms with E-state index in [1.54, 1.807) is 30.5 Å². The molecule has 7 heteroatoms. The molecule has 4 aromatic carbocycles. The number of hydrogen-bond donors (Lipinski definition) is 1. The topological polar surface area (TPSA) is 69.2 Å². The molecule has 6 nitrogen and oxygen atoms in total. The monoisotopic (exact) mass is 544 g/mol. The van der Waals surface area contributed by atoms with Crippen LogP contribution in [0, 0.1) is 0 Å². The second-order valence-corrected chi connectivity index (χ2v) is 8.70. The van der Waals surface area contributed by atoms with Gasteiger partial charge in [-0.15, -0.1) is 0 Å². The number of halogens is 1. The number of ether oxygens (including phenoxy) is 3. The van der Waals surface area contributed by atoms with Crippen LogP contribution >= 0.6 is 15.9 Å². The highest BCUT2D eigenvalue weighted by atomic mass is 79.9. The van der Waals surface area contributed by atoms with Crippen molar-refractivity contribution in [2.24, 2.45) is 5.10 Å². The van der Waals surface area contributed by atoms with E-state index in [1.807, 2.05) is 78.9 Å². The molecule has 0 aromatic heterocycles. The average Bonchev–Trinajstić information content (AvgIpc) is 2.92. The van der Waals surface area contributed by atoms with E-state index < -0.39 is 0 Å². The molecule has 0 saturated carbocycles. The standard InChI is InChI=1S/C29H25BrN2O4/c30-25-12-10-23(11-13-25)20-36-28-9-5-4-8-24(28)18-31-32-29(33)21-35-27-16-14-26(15-17-27)34-19-22-6-2-1-3-7-22/h1-18H,19-21H2,(H,32,33)/b31-18+. The van der Waals surface area contributed by atoms with E-state index in [1.165, 1.54) is 0 Å². The van der Waals surface area contributed by atoms with Gasteiger partial charge in [-0.3, -0.25) is 4.79 Å². The van der Waals surface area contributed by atoms with Gasteiger partial charge in [-0.05, 0) is 59.7 Å². The molecule has 0 heterocycles. The lowest BCUT2D eigenvalue weighted by Gasteiger charge is -2.09. The Bertz CT molecular complexity index is 1280. The first-order valence-electron chi connectivity index (χ1n) is 11.3. The van der Waals surface area contributed by atoms with Gasteiger partial charge in [0.25, 0.3) is 5.91 Å². The largest absolute Gasteiger partial charge is 0.489 e. The fraction of sp³-hybridized carbons (Fsp3) is 0.103. The Morgan fingerprint density at radius 1 is 0.722 bits per heavy atom. The molecule has 4 aromatic rings. The normalized spacial score (nSPS) is 10.7. The zero-order valence-electron chi connectivity index (χ0n) is 19.5. The molecule has 0 radical (unpaired) electrons. The van der Waals surface area contributed by atoms with Crippen molar-refractivity contribution >= 4 is 28.1 Å². The summed E-state index contributed by atoms with van der Waals surface area (Å²) in [5.41, 5.74) is 5.37. The molecule has 0 atom stereocenters. The Morgan fingerprint density at radius 3 is 2.08 bits per heavy atom. The summed E-state index contributed by atoms with van der Waals surface area (Å²) < 4.78 is 18.2. The van der Waals surface area contributed by atoms with Crippen LogP contribution in [-0.4, -0.2) is 18.7 Å². The molecule has 0 bridgehead atoms. The van der Waals surface area contributed by atoms with Crippen LogP contribution < -0.4 is 19.6 Å². The molecular formula is C29H25BrN2O4. The van der Waals surface area contributed by atoms with Crippen molar-refractivity contribution in [3.05, 3.63) is 124 Å². The van der Waals surface area contributed by atoms with Crippen LogP contribution in [0.25, 0.3) is 0 Å². The predicted molar refractivity (Wildman–Crippen MR) is 143 cm³/mol. The maximum atomic E-state index is 12.1. The summed E-state index contributed by atoms with van der Waals surface area (Å²) in [6.07, 6.45) is 1.55. The smallest absolute Gasteiger partial charge is 0.277 e. The molecule has 36 heavy (non-hydrogen) atoms. The molecule has 0 fully saturated rings. The van der Waals surface area contributed by atoms with Gasteiger partial charge in [-0.25, -0.2) is 5.43 Å². The maximum absolute atomic E-state index is 12.1. The molecule has 0 saturated heterocycles. The second-order valence-electron chi connectivity index (χ2n) is 7.78. The van der Waals surface area contributed by atoms with E-state index in [0.717, 1.165) is 26.9 Å². The Hall–Kier alpha value is -4.10. The van der Waals surface area contributed by atoms with Gasteiger partial charge in [-0.1, -0.05) is 70.5 Å². The van der Waals surface area contributed by atoms with Gasteiger partial charge in [0.05, 0.1) is 6.21 Å². The number of nitrogens with zero attached hydrogens (tertiary/aromatic N) is 1. The lowest BCUT2D eigenvalue weighted by molar-refractivity contribution is -0.123. The van der Waals surface area contributed by atoms with Crippen molar-refractivity contribution in [3.63, 3.8) is 0 Å². The molecule has 0 unspecified atom stereocenters. The number of hydrazone groups is 1. The zero-order valence-corrected chi connectivity index (χ0v) is 21.1. The number of hydrogen-bond acceptors (Lipinski definition) is 5. The van der Waals surface area contributed by atoms with Crippen molar-refractivity contribution in [2.45, 2.75) is 13.2 Å². The summed E-state index contributed by atoms with van der Waals surface area (Å²) in [5, 5.41) is 4.04. The lowest BCUT2D eigenvalue weighted by atomic mass is 10.2. The summed E-state index contributed by atoms with van der Waals surface area (Å²) in [5.74, 6) is 1.59. The number of carbonyl (C=O) groups excluding carboxylic acids is 1. The van der Waals surface area contributed by atoms with Crippen molar-refractivity contribution in [3.8, 4) is 17.2 Å². The SMILES string of the molecule is O=C(COc1ccc(OCc2ccccc2)cc1)N/N=C/c1ccccc1OCc1ccc(Br)cc1. The van der Waals surface area contributed by atoms with Crippen LogP contribution in [0.15, 0.2) is 113 Å². The number of amides is 1. The van der Waals surface area contributed by atoms with Gasteiger partial charge in [-0.2, -0.15) is 5.10 Å². The number of nitrogens with one attached hydrogen (secondary N) is 1. The molecular weight excluding hydrogens is 520 g/mol. The quantitative estimate of drug-likeness (QED) is 0.182. The molecule has 0 aliphatic heterocycles. The van der Waals surface area contributed by atoms with E-state index in [0.29, 0.717) is 24.7 Å². The number of para-hydroxylation sites is 1. The van der Waals surface area contributed by atoms with Gasteiger partial charge >= 0.3 is 0 Å². The van der Waals surface area contributed by atoms with E-state index in [4.69, 9.17) is 14.2 Å². The first kappa shape index (κ1) is 25.0. The molecule has 1 N–H and O–H groups in total. The van der Waals surface area contributed by atoms with Gasteiger partial charge in [0.1, 0.15) is 30.5 Å². The Kier molecular flexibility index (Phi) is 9.11. The van der Waals surface area contributed by atoms with Crippen LogP contribution in [0.1, 0.15) is 16.7 Å². The molecule has 0 aliphatic carbocycles. The summed E-state index contributed by atoms with van der Waals surface area (Å²) in [6, 6.07) is 32.5. The fourth-order valence-electron chi connectivity index (χ4n) is 3.19. The fourth-order valence-corrected chi connectivity index (χ4v) is 3.45. The molecule has 4 rings (SSSR count). The van der Waals surface area contributed by atoms with Gasteiger partial charge in [0.2, 0.25) is 0 Å². The highest BCUT2D eigenvalue weighted by Gasteiger charge is 2.04. The zero-order chi connectivity index (χ0) is 25.0. The van der Waals surface area contributed by atoms with E-state index in [2.05, 4.69) is 26.5 Å². The number of rotatable bonds is 11. The van der Waals surface area contributed by atoms with Gasteiger partial charge in [0, 0.05) is 10.0 Å². The summed E-state index contributed by atoms with van der Waals surface area (Å²) in [6.45, 7) is 0.748. The van der Waals surface area contributed by atoms with Crippen LogP contribution in [0.5, 0.6) is 17.2 Å². The predicted octanol–water partition coefficient (Wildman–Crippen LogP) is 6.14. The van der Waals surface area contributed by atoms with Crippen LogP contribution in [0.2, 0.25) is 0 Å². The third-order valence-electron chi connectivity index (χ3n) is 5.06. The van der Waals surface area contributed by atoms with Crippen LogP contribution in [-0.2, 0) is 18.0 Å². The second kappa shape index (κ2) is 13.1. The minimum atomic E-state index is -0.371. The van der Waals surface area contributed by atoms with Gasteiger partial charge < -0.3 is 14.2 Å². The number of benzene rings is 4. The summed E-state index contributed by atoms with van der Waals surface area (Å²) in [4.78, 5) is 12.1. The summed E-state index contributed by atoms with van der Waals surface area (Å²) in [7, 11) is 0. The van der Waals surface area contributed by atoms with E-state index in [-0.39, 0.29) is 12.5 Å². The minimum absolute atomic E-state index is 0.163. The van der Waals surface area contributed by atoms with Gasteiger partial charge in [0.15, 0.2) is 6.61 Å². The van der Waals surface area contributed by atoms with Crippen molar-refractivity contribution in [1.29, 1.82) is 0 Å². The Balaban J connectivity index is 1.21. The van der Waals surface area contributed by atoms with Crippen LogP contribution in [0.4, 0.5) is 0 Å². The minimum Gasteiger partial charge on any atom is -0.489 e. The highest BCUT2D eigenvalue weighted by molar-refractivity contribution is 9.10. The molecule has 182 valence electrons. The number of carbonyl (C=O) groups is 1. The maximum Gasteiger partial charge on any atom is 0.277 e. The summed E-state index contributed by atoms with van der Waals surface area (Å²) >= 11 is 3.43. The van der Waals surface area contributed by atoms with Crippen LogP contribution in [0.3, 0.4) is 0 Å². The first-order chi connectivity index (χ1) is 17.7. The lowest BCUT2D eigenvalue weighted by Crippen LogP contribution is -2.24. The third-order valence-corrected chi connectivity index (χ3v) is 5.59. The highest BCUT2D eigenvalue weighted by Crippen LogP contribution is 2.20. The molecule has 0 aliphatic rings. The third kappa shape index (κ3) is 7.99. The van der Waals surface area contributed by atoms with Crippen molar-refractivity contribution in [2.75, 3.05) is 6.61 Å². The molecule has 1 amide bonds.